The molecule has 0 aromatic heterocycles. The Kier molecular flexibility index (Phi) is 24.4. The summed E-state index contributed by atoms with van der Waals surface area (Å²) < 4.78 is 0. The van der Waals surface area contributed by atoms with E-state index in [1.165, 1.54) is 5.57 Å². The molecule has 11 heavy (non-hydrogen) atoms. The molecule has 0 bridgehead atoms. The van der Waals surface area contributed by atoms with Crippen molar-refractivity contribution in [2.75, 3.05) is 0 Å². The van der Waals surface area contributed by atoms with Gasteiger partial charge in [-0.05, 0) is 6.42 Å². The first kappa shape index (κ1) is 16.7. The fourth-order valence-corrected chi connectivity index (χ4v) is 0.492. The van der Waals surface area contributed by atoms with Crippen LogP contribution >= 0.6 is 0 Å². The minimum absolute atomic E-state index is 0. The summed E-state index contributed by atoms with van der Waals surface area (Å²) in [6.07, 6.45) is 7.21. The Morgan fingerprint density at radius 3 is 1.82 bits per heavy atom. The third-order valence-electron chi connectivity index (χ3n) is 0.848. The second kappa shape index (κ2) is 16.1. The van der Waals surface area contributed by atoms with Crippen LogP contribution in [0.5, 0.6) is 0 Å². The van der Waals surface area contributed by atoms with E-state index in [9.17, 15) is 0 Å². The Bertz CT molecular complexity index is 128. The summed E-state index contributed by atoms with van der Waals surface area (Å²) in [6, 6.07) is 0. The van der Waals surface area contributed by atoms with Gasteiger partial charge in [-0.15, -0.1) is 12.2 Å². The van der Waals surface area contributed by atoms with Gasteiger partial charge in [0.1, 0.15) is 13.6 Å². The molecule has 0 aliphatic heterocycles. The van der Waals surface area contributed by atoms with Gasteiger partial charge in [0.25, 0.3) is 0 Å². The summed E-state index contributed by atoms with van der Waals surface area (Å²) in [5.41, 5.74) is 1.22. The van der Waals surface area contributed by atoms with Crippen LogP contribution in [0, 0.1) is 6.92 Å². The zero-order chi connectivity index (χ0) is 8.41. The Hall–Kier alpha value is -0.791. The molecular weight excluding hydrogens is 184 g/mol. The average Bonchev–Trinajstić information content (AvgIpc) is 2.48. The molecule has 1 aliphatic rings. The molecule has 64 valence electrons. The second-order valence-electron chi connectivity index (χ2n) is 1.46. The van der Waals surface area contributed by atoms with E-state index >= 15 is 0 Å². The molecule has 0 N–H and O–H groups in total. The number of hydrogen-bond acceptors (Lipinski definition) is 2. The largest absolute Gasteiger partial charge is 0.307 e. The summed E-state index contributed by atoms with van der Waals surface area (Å²) in [5, 5.41) is 0. The maximum absolute atomic E-state index is 8.00. The molecule has 3 heteroatoms. The van der Waals surface area contributed by atoms with E-state index in [1.54, 1.807) is 0 Å². The van der Waals surface area contributed by atoms with Crippen molar-refractivity contribution < 1.29 is 26.7 Å². The first-order valence-corrected chi connectivity index (χ1v) is 2.65. The molecule has 0 atom stereocenters. The van der Waals surface area contributed by atoms with Crippen molar-refractivity contribution in [2.45, 2.75) is 6.42 Å². The number of hydrogen-bond donors (Lipinski definition) is 0. The van der Waals surface area contributed by atoms with E-state index in [1.807, 2.05) is 25.7 Å². The predicted molar refractivity (Wildman–Crippen MR) is 41.4 cm³/mol. The average molecular weight is 195 g/mol. The fourth-order valence-electron chi connectivity index (χ4n) is 0.492. The van der Waals surface area contributed by atoms with Crippen LogP contribution in [0.2, 0.25) is 0 Å². The normalized spacial score (nSPS) is 10.7. The van der Waals surface area contributed by atoms with Crippen molar-refractivity contribution in [1.29, 1.82) is 0 Å². The molecule has 0 radical (unpaired) electrons. The second-order valence-corrected chi connectivity index (χ2v) is 1.46. The Morgan fingerprint density at radius 2 is 1.73 bits per heavy atom. The van der Waals surface area contributed by atoms with Crippen LogP contribution in [-0.2, 0) is 26.7 Å². The maximum atomic E-state index is 8.00. The number of carbonyl (C=O) groups is 2. The number of carbonyl (C=O) groups excluding carboxylic acids is 2. The molecule has 0 heterocycles. The van der Waals surface area contributed by atoms with Gasteiger partial charge in [0, 0.05) is 17.1 Å². The molecular formula is C8H11FeO2-. The van der Waals surface area contributed by atoms with E-state index in [0.29, 0.717) is 0 Å². The van der Waals surface area contributed by atoms with Gasteiger partial charge in [-0.3, -0.25) is 0 Å². The molecule has 0 fully saturated rings. The van der Waals surface area contributed by atoms with Crippen molar-refractivity contribution in [3.05, 3.63) is 30.7 Å². The Balaban J connectivity index is -0.000000114. The summed E-state index contributed by atoms with van der Waals surface area (Å²) in [7, 11) is 0. The van der Waals surface area contributed by atoms with Gasteiger partial charge in [0.05, 0.1) is 0 Å². The quantitative estimate of drug-likeness (QED) is 0.431. The van der Waals surface area contributed by atoms with E-state index in [0.717, 1.165) is 6.42 Å². The van der Waals surface area contributed by atoms with Crippen LogP contribution in [0.1, 0.15) is 6.42 Å². The number of allylic oxidation sites excluding steroid dienone is 4. The molecule has 1 rings (SSSR count). The molecule has 0 aromatic rings. The van der Waals surface area contributed by atoms with Crippen molar-refractivity contribution in [1.82, 2.24) is 0 Å². The standard InChI is InChI=1S/C6H7.2CH2O.Fe/c1-6-4-2-3-5-6;2*1-2;/h2-4H,1,5H2;2*1H2;/q-1;;;. The van der Waals surface area contributed by atoms with Crippen LogP contribution in [0.15, 0.2) is 23.8 Å². The Labute approximate surface area is 77.8 Å². The molecule has 0 spiro atoms. The molecule has 0 amide bonds. The minimum Gasteiger partial charge on any atom is -0.307 e. The van der Waals surface area contributed by atoms with Gasteiger partial charge in [0.15, 0.2) is 0 Å². The fraction of sp³-hybridized carbons (Fsp3) is 0.125. The Morgan fingerprint density at radius 1 is 1.27 bits per heavy atom. The SMILES string of the molecule is C=O.C=O.[CH2-]C1=CC=CC1.[Fe]. The number of rotatable bonds is 0. The van der Waals surface area contributed by atoms with E-state index in [2.05, 4.69) is 13.0 Å². The zero-order valence-electron chi connectivity index (χ0n) is 6.23. The van der Waals surface area contributed by atoms with E-state index < -0.39 is 0 Å². The third kappa shape index (κ3) is 12.4. The third-order valence-corrected chi connectivity index (χ3v) is 0.848. The summed E-state index contributed by atoms with van der Waals surface area (Å²) >= 11 is 0. The topological polar surface area (TPSA) is 34.1 Å². The van der Waals surface area contributed by atoms with Gasteiger partial charge in [0.2, 0.25) is 0 Å². The van der Waals surface area contributed by atoms with Crippen molar-refractivity contribution in [2.24, 2.45) is 0 Å². The molecule has 0 saturated carbocycles. The van der Waals surface area contributed by atoms with Crippen LogP contribution in [0.4, 0.5) is 0 Å². The molecule has 0 saturated heterocycles. The van der Waals surface area contributed by atoms with Crippen LogP contribution in [-0.4, -0.2) is 13.6 Å². The van der Waals surface area contributed by atoms with Crippen molar-refractivity contribution in [3.8, 4) is 0 Å². The molecule has 1 aliphatic carbocycles. The van der Waals surface area contributed by atoms with Gasteiger partial charge in [-0.25, -0.2) is 18.6 Å². The van der Waals surface area contributed by atoms with E-state index in [-0.39, 0.29) is 17.1 Å². The van der Waals surface area contributed by atoms with Gasteiger partial charge >= 0.3 is 0 Å². The van der Waals surface area contributed by atoms with Gasteiger partial charge < -0.3 is 9.59 Å². The smallest absolute Gasteiger partial charge is 0.106 e. The van der Waals surface area contributed by atoms with Gasteiger partial charge in [-0.2, -0.15) is 0 Å². The monoisotopic (exact) mass is 195 g/mol. The summed E-state index contributed by atoms with van der Waals surface area (Å²) in [6.45, 7) is 7.74. The summed E-state index contributed by atoms with van der Waals surface area (Å²) in [5.74, 6) is 0. The molecule has 2 nitrogen and oxygen atoms in total. The minimum atomic E-state index is 0. The predicted octanol–water partition coefficient (Wildman–Crippen LogP) is 1.33. The first-order valence-electron chi connectivity index (χ1n) is 2.65. The van der Waals surface area contributed by atoms with Crippen molar-refractivity contribution >= 4 is 13.6 Å². The zero-order valence-corrected chi connectivity index (χ0v) is 7.33. The first-order chi connectivity index (χ1) is 4.89. The molecule has 0 unspecified atom stereocenters. The van der Waals surface area contributed by atoms with Gasteiger partial charge in [-0.1, -0.05) is 0 Å². The summed E-state index contributed by atoms with van der Waals surface area (Å²) in [4.78, 5) is 16.0. The van der Waals surface area contributed by atoms with Crippen LogP contribution in [0.25, 0.3) is 0 Å². The van der Waals surface area contributed by atoms with Crippen LogP contribution in [0.3, 0.4) is 0 Å². The molecule has 0 aromatic carbocycles. The maximum Gasteiger partial charge on any atom is 0.106 e. The van der Waals surface area contributed by atoms with E-state index in [4.69, 9.17) is 9.59 Å². The van der Waals surface area contributed by atoms with Crippen LogP contribution < -0.4 is 0 Å². The van der Waals surface area contributed by atoms with Crippen molar-refractivity contribution in [3.63, 3.8) is 0 Å².